The predicted octanol–water partition coefficient (Wildman–Crippen LogP) is 4.53. The molecule has 0 radical (unpaired) electrons. The zero-order valence-corrected chi connectivity index (χ0v) is 13.3. The monoisotopic (exact) mass is 303 g/mol. The van der Waals surface area contributed by atoms with Gasteiger partial charge in [0.15, 0.2) is 0 Å². The topological polar surface area (TPSA) is 12.0 Å². The van der Waals surface area contributed by atoms with Crippen molar-refractivity contribution in [3.63, 3.8) is 0 Å². The molecule has 21 heavy (non-hydrogen) atoms. The summed E-state index contributed by atoms with van der Waals surface area (Å²) in [4.78, 5) is 1.56. The van der Waals surface area contributed by atoms with Crippen molar-refractivity contribution in [2.75, 3.05) is 6.54 Å². The van der Waals surface area contributed by atoms with Gasteiger partial charge in [0, 0.05) is 16.8 Å². The third-order valence-electron chi connectivity index (χ3n) is 4.42. The van der Waals surface area contributed by atoms with Crippen LogP contribution in [0.25, 0.3) is 0 Å². The van der Waals surface area contributed by atoms with Gasteiger partial charge in [0.2, 0.25) is 0 Å². The average molecular weight is 303 g/mol. The van der Waals surface area contributed by atoms with Gasteiger partial charge in [-0.25, -0.2) is 4.39 Å². The van der Waals surface area contributed by atoms with Crippen LogP contribution < -0.4 is 5.32 Å². The summed E-state index contributed by atoms with van der Waals surface area (Å²) in [7, 11) is 0. The summed E-state index contributed by atoms with van der Waals surface area (Å²) in [5, 5.41) is 5.88. The zero-order chi connectivity index (χ0) is 14.7. The molecule has 0 saturated carbocycles. The van der Waals surface area contributed by atoms with E-state index in [9.17, 15) is 4.39 Å². The summed E-state index contributed by atoms with van der Waals surface area (Å²) >= 11 is 1.90. The minimum absolute atomic E-state index is 0.156. The Hall–Kier alpha value is -1.19. The van der Waals surface area contributed by atoms with E-state index < -0.39 is 0 Å². The number of hydrogen-bond donors (Lipinski definition) is 1. The molecule has 2 aromatic rings. The summed E-state index contributed by atoms with van der Waals surface area (Å²) < 4.78 is 13.1. The number of fused-ring (bicyclic) bond motifs is 1. The number of thiophene rings is 1. The molecule has 112 valence electrons. The van der Waals surface area contributed by atoms with Gasteiger partial charge in [0.05, 0.1) is 0 Å². The Morgan fingerprint density at radius 3 is 2.86 bits per heavy atom. The summed E-state index contributed by atoms with van der Waals surface area (Å²) in [6, 6.07) is 9.70. The summed E-state index contributed by atoms with van der Waals surface area (Å²) in [6.07, 6.45) is 4.74. The molecule has 0 saturated heterocycles. The van der Waals surface area contributed by atoms with Crippen LogP contribution in [-0.2, 0) is 12.8 Å². The number of nitrogens with one attached hydrogen (secondary N) is 1. The summed E-state index contributed by atoms with van der Waals surface area (Å²) in [5.74, 6) is 0.432. The van der Waals surface area contributed by atoms with E-state index in [0.717, 1.165) is 13.0 Å². The van der Waals surface area contributed by atoms with Gasteiger partial charge in [-0.2, -0.15) is 0 Å². The number of rotatable bonds is 5. The highest BCUT2D eigenvalue weighted by atomic mass is 32.1. The molecule has 1 heterocycles. The third-order valence-corrected chi connectivity index (χ3v) is 5.42. The van der Waals surface area contributed by atoms with Gasteiger partial charge in [0.25, 0.3) is 0 Å². The Kier molecular flexibility index (Phi) is 4.71. The van der Waals surface area contributed by atoms with E-state index in [-0.39, 0.29) is 5.82 Å². The molecule has 2 atom stereocenters. The highest BCUT2D eigenvalue weighted by Gasteiger charge is 2.28. The van der Waals surface area contributed by atoms with E-state index in [2.05, 4.69) is 23.7 Å². The van der Waals surface area contributed by atoms with E-state index in [1.165, 1.54) is 24.8 Å². The molecule has 3 heteroatoms. The van der Waals surface area contributed by atoms with Crippen molar-refractivity contribution in [3.05, 3.63) is 57.5 Å². The van der Waals surface area contributed by atoms with Gasteiger partial charge >= 0.3 is 0 Å². The van der Waals surface area contributed by atoms with E-state index >= 15 is 0 Å². The van der Waals surface area contributed by atoms with Crippen LogP contribution in [0.3, 0.4) is 0 Å². The predicted molar refractivity (Wildman–Crippen MR) is 87.6 cm³/mol. The number of aryl methyl sites for hydroxylation is 1. The van der Waals surface area contributed by atoms with Crippen molar-refractivity contribution in [3.8, 4) is 0 Å². The van der Waals surface area contributed by atoms with Gasteiger partial charge in [-0.15, -0.1) is 11.3 Å². The molecule has 1 aromatic carbocycles. The second-order valence-corrected chi connectivity index (χ2v) is 6.79. The van der Waals surface area contributed by atoms with Gasteiger partial charge in [-0.05, 0) is 66.9 Å². The first-order valence-electron chi connectivity index (χ1n) is 7.82. The molecule has 0 fully saturated rings. The second kappa shape index (κ2) is 6.71. The lowest BCUT2D eigenvalue weighted by atomic mass is 9.80. The van der Waals surface area contributed by atoms with E-state index in [0.29, 0.717) is 12.0 Å². The number of hydrogen-bond acceptors (Lipinski definition) is 2. The van der Waals surface area contributed by atoms with Crippen LogP contribution in [0.5, 0.6) is 0 Å². The zero-order valence-electron chi connectivity index (χ0n) is 12.4. The molecule has 2 unspecified atom stereocenters. The lowest BCUT2D eigenvalue weighted by Crippen LogP contribution is -2.38. The fourth-order valence-corrected chi connectivity index (χ4v) is 4.43. The van der Waals surface area contributed by atoms with Crippen molar-refractivity contribution in [2.24, 2.45) is 0 Å². The molecule has 0 aliphatic heterocycles. The van der Waals surface area contributed by atoms with Crippen molar-refractivity contribution >= 4 is 11.3 Å². The van der Waals surface area contributed by atoms with E-state index in [1.807, 2.05) is 23.5 Å². The van der Waals surface area contributed by atoms with E-state index in [1.54, 1.807) is 22.6 Å². The minimum Gasteiger partial charge on any atom is -0.313 e. The molecule has 3 rings (SSSR count). The lowest BCUT2D eigenvalue weighted by Gasteiger charge is -2.31. The largest absolute Gasteiger partial charge is 0.313 e. The Bertz CT molecular complexity index is 575. The fraction of sp³-hybridized carbons (Fsp3) is 0.444. The smallest absolute Gasteiger partial charge is 0.123 e. The minimum atomic E-state index is -0.156. The SMILES string of the molecule is CCNC(Cc1ccc(F)cc1)C1CCCc2sccc21. The summed E-state index contributed by atoms with van der Waals surface area (Å²) in [5.41, 5.74) is 2.75. The quantitative estimate of drug-likeness (QED) is 0.856. The first-order valence-corrected chi connectivity index (χ1v) is 8.70. The molecular weight excluding hydrogens is 281 g/mol. The van der Waals surface area contributed by atoms with Crippen molar-refractivity contribution in [1.82, 2.24) is 5.32 Å². The van der Waals surface area contributed by atoms with Crippen LogP contribution in [0.1, 0.15) is 41.7 Å². The molecular formula is C18H22FNS. The van der Waals surface area contributed by atoms with Crippen LogP contribution in [0.15, 0.2) is 35.7 Å². The molecule has 0 amide bonds. The normalized spacial score (nSPS) is 19.2. The maximum absolute atomic E-state index is 13.1. The Morgan fingerprint density at radius 1 is 1.29 bits per heavy atom. The molecule has 1 aliphatic carbocycles. The van der Waals surface area contributed by atoms with Crippen LogP contribution in [0.4, 0.5) is 4.39 Å². The maximum Gasteiger partial charge on any atom is 0.123 e. The third kappa shape index (κ3) is 3.35. The standard InChI is InChI=1S/C18H22FNS/c1-2-20-17(12-13-6-8-14(19)9-7-13)15-4-3-5-18-16(15)10-11-21-18/h6-11,15,17,20H,2-5,12H2,1H3. The second-order valence-electron chi connectivity index (χ2n) is 5.79. The van der Waals surface area contributed by atoms with Crippen molar-refractivity contribution < 1.29 is 4.39 Å². The Balaban J connectivity index is 1.80. The van der Waals surface area contributed by atoms with Gasteiger partial charge in [-0.3, -0.25) is 0 Å². The number of likely N-dealkylation sites (N-methyl/N-ethyl adjacent to an activating group) is 1. The molecule has 1 nitrogen and oxygen atoms in total. The van der Waals surface area contributed by atoms with Crippen LogP contribution in [0, 0.1) is 5.82 Å². The molecule has 0 bridgehead atoms. The number of halogens is 1. The van der Waals surface area contributed by atoms with Crippen LogP contribution in [0.2, 0.25) is 0 Å². The molecule has 1 aromatic heterocycles. The fourth-order valence-electron chi connectivity index (χ4n) is 3.43. The molecule has 1 N–H and O–H groups in total. The highest BCUT2D eigenvalue weighted by molar-refractivity contribution is 7.10. The molecule has 1 aliphatic rings. The molecule has 0 spiro atoms. The average Bonchev–Trinajstić information content (AvgIpc) is 2.97. The maximum atomic E-state index is 13.1. The van der Waals surface area contributed by atoms with Crippen molar-refractivity contribution in [2.45, 2.75) is 44.6 Å². The van der Waals surface area contributed by atoms with Gasteiger partial charge in [0.1, 0.15) is 5.82 Å². The van der Waals surface area contributed by atoms with Crippen LogP contribution in [-0.4, -0.2) is 12.6 Å². The first kappa shape index (κ1) is 14.7. The van der Waals surface area contributed by atoms with Crippen molar-refractivity contribution in [1.29, 1.82) is 0 Å². The Morgan fingerprint density at radius 2 is 2.10 bits per heavy atom. The first-order chi connectivity index (χ1) is 10.3. The van der Waals surface area contributed by atoms with Gasteiger partial charge in [-0.1, -0.05) is 19.1 Å². The van der Waals surface area contributed by atoms with E-state index in [4.69, 9.17) is 0 Å². The van der Waals surface area contributed by atoms with Gasteiger partial charge < -0.3 is 5.32 Å². The van der Waals surface area contributed by atoms with Crippen LogP contribution >= 0.6 is 11.3 Å². The number of benzene rings is 1. The Labute approximate surface area is 130 Å². The summed E-state index contributed by atoms with van der Waals surface area (Å²) in [6.45, 7) is 3.14. The highest BCUT2D eigenvalue weighted by Crippen LogP contribution is 2.37. The lowest BCUT2D eigenvalue weighted by molar-refractivity contribution is 0.398.